The van der Waals surface area contributed by atoms with E-state index in [0.29, 0.717) is 13.1 Å². The fourth-order valence-electron chi connectivity index (χ4n) is 3.04. The molecule has 0 spiro atoms. The monoisotopic (exact) mass is 406 g/mol. The summed E-state index contributed by atoms with van der Waals surface area (Å²) < 4.78 is 1.07. The zero-order valence-electron chi connectivity index (χ0n) is 16.6. The van der Waals surface area contributed by atoms with Gasteiger partial charge < -0.3 is 4.90 Å². The van der Waals surface area contributed by atoms with Gasteiger partial charge in [-0.05, 0) is 29.2 Å². The van der Waals surface area contributed by atoms with E-state index in [1.54, 1.807) is 23.4 Å². The lowest BCUT2D eigenvalue weighted by Crippen LogP contribution is -2.35. The molecule has 2 heterocycles. The summed E-state index contributed by atoms with van der Waals surface area (Å²) in [6.07, 6.45) is 5.36. The van der Waals surface area contributed by atoms with Gasteiger partial charge in [0.1, 0.15) is 6.54 Å². The zero-order valence-corrected chi connectivity index (χ0v) is 16.6. The minimum absolute atomic E-state index is 0.239. The molecule has 0 bridgehead atoms. The van der Waals surface area contributed by atoms with E-state index in [-0.39, 0.29) is 18.1 Å². The summed E-state index contributed by atoms with van der Waals surface area (Å²) in [7, 11) is 0. The van der Waals surface area contributed by atoms with Crippen LogP contribution in [-0.4, -0.2) is 25.3 Å². The maximum atomic E-state index is 13.1. The van der Waals surface area contributed by atoms with Gasteiger partial charge in [-0.3, -0.25) is 29.3 Å². The van der Waals surface area contributed by atoms with E-state index >= 15 is 0 Å². The van der Waals surface area contributed by atoms with Crippen molar-refractivity contribution < 1.29 is 9.72 Å². The molecule has 0 saturated heterocycles. The molecule has 1 aromatic carbocycles. The standard InChI is InChI=1S/C22H22N4O4/c1-2-17-5-7-18(8-6-17)13-24(14-19-4-3-11-23-12-19)22(28)16-25-15-20(26(29)30)9-10-21(25)27/h3-12,15H,2,13-14,16H2,1H3. The van der Waals surface area contributed by atoms with Gasteiger partial charge in [-0.2, -0.15) is 0 Å². The van der Waals surface area contributed by atoms with Crippen LogP contribution in [0.15, 0.2) is 71.9 Å². The molecule has 0 unspecified atom stereocenters. The van der Waals surface area contributed by atoms with Crippen LogP contribution in [0.4, 0.5) is 5.69 Å². The van der Waals surface area contributed by atoms with Crippen LogP contribution in [0, 0.1) is 10.1 Å². The molecule has 0 N–H and O–H groups in total. The Morgan fingerprint density at radius 1 is 1.07 bits per heavy atom. The second-order valence-corrected chi connectivity index (χ2v) is 6.89. The quantitative estimate of drug-likeness (QED) is 0.423. The Labute approximate surface area is 173 Å². The molecule has 3 rings (SSSR count). The van der Waals surface area contributed by atoms with E-state index in [2.05, 4.69) is 11.9 Å². The van der Waals surface area contributed by atoms with Crippen molar-refractivity contribution >= 4 is 11.6 Å². The van der Waals surface area contributed by atoms with E-state index in [1.807, 2.05) is 30.3 Å². The Kier molecular flexibility index (Phi) is 6.69. The molecule has 30 heavy (non-hydrogen) atoms. The van der Waals surface area contributed by atoms with Crippen LogP contribution < -0.4 is 5.56 Å². The maximum Gasteiger partial charge on any atom is 0.285 e. The second kappa shape index (κ2) is 9.60. The summed E-state index contributed by atoms with van der Waals surface area (Å²) in [6, 6.07) is 13.9. The van der Waals surface area contributed by atoms with Gasteiger partial charge in [-0.15, -0.1) is 0 Å². The van der Waals surface area contributed by atoms with Crippen molar-refractivity contribution in [3.8, 4) is 0 Å². The van der Waals surface area contributed by atoms with Gasteiger partial charge in [0, 0.05) is 37.6 Å². The molecular formula is C22H22N4O4. The largest absolute Gasteiger partial charge is 0.332 e. The minimum atomic E-state index is -0.594. The molecule has 8 nitrogen and oxygen atoms in total. The summed E-state index contributed by atoms with van der Waals surface area (Å²) in [5, 5.41) is 11.0. The third-order valence-corrected chi connectivity index (χ3v) is 4.74. The highest BCUT2D eigenvalue weighted by molar-refractivity contribution is 5.76. The number of carbonyl (C=O) groups is 1. The Bertz CT molecular complexity index is 1080. The first kappa shape index (κ1) is 20.9. The van der Waals surface area contributed by atoms with Crippen molar-refractivity contribution in [1.29, 1.82) is 0 Å². The van der Waals surface area contributed by atoms with Gasteiger partial charge in [0.2, 0.25) is 5.91 Å². The van der Waals surface area contributed by atoms with E-state index in [9.17, 15) is 19.7 Å². The number of hydrogen-bond acceptors (Lipinski definition) is 5. The van der Waals surface area contributed by atoms with E-state index < -0.39 is 10.5 Å². The van der Waals surface area contributed by atoms with Crippen molar-refractivity contribution in [2.24, 2.45) is 0 Å². The summed E-state index contributed by atoms with van der Waals surface area (Å²) in [4.78, 5) is 41.3. The lowest BCUT2D eigenvalue weighted by Gasteiger charge is -2.23. The molecule has 1 amide bonds. The summed E-state index contributed by atoms with van der Waals surface area (Å²) >= 11 is 0. The first-order valence-electron chi connectivity index (χ1n) is 9.55. The van der Waals surface area contributed by atoms with Crippen molar-refractivity contribution in [3.63, 3.8) is 0 Å². The molecule has 0 saturated carbocycles. The van der Waals surface area contributed by atoms with Crippen LogP contribution in [0.1, 0.15) is 23.6 Å². The van der Waals surface area contributed by atoms with Crippen molar-refractivity contribution in [1.82, 2.24) is 14.5 Å². The average molecular weight is 406 g/mol. The van der Waals surface area contributed by atoms with Gasteiger partial charge in [0.15, 0.2) is 0 Å². The molecule has 154 valence electrons. The van der Waals surface area contributed by atoms with Crippen molar-refractivity contribution in [3.05, 3.63) is 104 Å². The second-order valence-electron chi connectivity index (χ2n) is 6.89. The third kappa shape index (κ3) is 5.38. The molecule has 2 aromatic heterocycles. The van der Waals surface area contributed by atoms with Crippen molar-refractivity contribution in [2.75, 3.05) is 0 Å². The van der Waals surface area contributed by atoms with Crippen LogP contribution in [0.25, 0.3) is 0 Å². The number of nitrogens with zero attached hydrogens (tertiary/aromatic N) is 4. The van der Waals surface area contributed by atoms with Gasteiger partial charge in [-0.1, -0.05) is 37.3 Å². The smallest absolute Gasteiger partial charge is 0.285 e. The number of benzene rings is 1. The van der Waals surface area contributed by atoms with E-state index in [1.165, 1.54) is 5.56 Å². The molecule has 0 atom stereocenters. The SMILES string of the molecule is CCc1ccc(CN(Cc2cccnc2)C(=O)Cn2cc([N+](=O)[O-])ccc2=O)cc1. The average Bonchev–Trinajstić information content (AvgIpc) is 2.76. The number of aryl methyl sites for hydroxylation is 1. The number of amides is 1. The van der Waals surface area contributed by atoms with Crippen LogP contribution >= 0.6 is 0 Å². The molecular weight excluding hydrogens is 384 g/mol. The van der Waals surface area contributed by atoms with Crippen LogP contribution in [0.3, 0.4) is 0 Å². The number of aromatic nitrogens is 2. The third-order valence-electron chi connectivity index (χ3n) is 4.74. The van der Waals surface area contributed by atoms with E-state index in [0.717, 1.165) is 40.4 Å². The lowest BCUT2D eigenvalue weighted by molar-refractivity contribution is -0.385. The zero-order chi connectivity index (χ0) is 21.5. The van der Waals surface area contributed by atoms with Crippen LogP contribution in [0.2, 0.25) is 0 Å². The Hall–Kier alpha value is -3.81. The normalized spacial score (nSPS) is 10.6. The summed E-state index contributed by atoms with van der Waals surface area (Å²) in [5.41, 5.74) is 2.30. The summed E-state index contributed by atoms with van der Waals surface area (Å²) in [6.45, 7) is 2.45. The fourth-order valence-corrected chi connectivity index (χ4v) is 3.04. The molecule has 0 fully saturated rings. The lowest BCUT2D eigenvalue weighted by atomic mass is 10.1. The first-order valence-corrected chi connectivity index (χ1v) is 9.55. The molecule has 3 aromatic rings. The van der Waals surface area contributed by atoms with E-state index in [4.69, 9.17) is 0 Å². The Morgan fingerprint density at radius 2 is 1.77 bits per heavy atom. The molecule has 0 radical (unpaired) electrons. The Morgan fingerprint density at radius 3 is 2.40 bits per heavy atom. The van der Waals surface area contributed by atoms with Gasteiger partial charge in [-0.25, -0.2) is 0 Å². The van der Waals surface area contributed by atoms with Gasteiger partial charge >= 0.3 is 0 Å². The number of hydrogen-bond donors (Lipinski definition) is 0. The highest BCUT2D eigenvalue weighted by Gasteiger charge is 2.17. The summed E-state index contributed by atoms with van der Waals surface area (Å²) in [5.74, 6) is -0.319. The number of pyridine rings is 2. The number of carbonyl (C=O) groups excluding carboxylic acids is 1. The predicted octanol–water partition coefficient (Wildman–Crippen LogP) is 2.94. The molecule has 0 aliphatic rings. The Balaban J connectivity index is 1.84. The van der Waals surface area contributed by atoms with Crippen LogP contribution in [0.5, 0.6) is 0 Å². The van der Waals surface area contributed by atoms with Gasteiger partial charge in [0.05, 0.1) is 11.1 Å². The highest BCUT2D eigenvalue weighted by atomic mass is 16.6. The molecule has 8 heteroatoms. The topological polar surface area (TPSA) is 98.3 Å². The predicted molar refractivity (Wildman–Crippen MR) is 112 cm³/mol. The molecule has 0 aliphatic heterocycles. The number of rotatable bonds is 8. The van der Waals surface area contributed by atoms with Crippen molar-refractivity contribution in [2.45, 2.75) is 33.0 Å². The molecule has 0 aliphatic carbocycles. The first-order chi connectivity index (χ1) is 14.5. The maximum absolute atomic E-state index is 13.1. The highest BCUT2D eigenvalue weighted by Crippen LogP contribution is 2.13. The fraction of sp³-hybridized carbons (Fsp3) is 0.227. The van der Waals surface area contributed by atoms with Crippen LogP contribution in [-0.2, 0) is 30.8 Å². The number of nitro groups is 1. The van der Waals surface area contributed by atoms with Gasteiger partial charge in [0.25, 0.3) is 11.2 Å². The minimum Gasteiger partial charge on any atom is -0.332 e.